The van der Waals surface area contributed by atoms with Gasteiger partial charge in [0, 0.05) is 42.2 Å². The summed E-state index contributed by atoms with van der Waals surface area (Å²) in [5, 5.41) is 4.59. The van der Waals surface area contributed by atoms with Crippen molar-refractivity contribution in [3.63, 3.8) is 0 Å². The van der Waals surface area contributed by atoms with Gasteiger partial charge < -0.3 is 16.0 Å². The van der Waals surface area contributed by atoms with Crippen molar-refractivity contribution in [3.8, 4) is 16.9 Å². The fourth-order valence-electron chi connectivity index (χ4n) is 6.10. The average molecular weight is 619 g/mol. The Morgan fingerprint density at radius 2 is 2.00 bits per heavy atom. The topological polar surface area (TPSA) is 101 Å². The number of nitrogens with two attached hydrogens (primary N) is 1. The number of nitrogens with zero attached hydrogens (tertiary/aromatic N) is 3. The van der Waals surface area contributed by atoms with Crippen LogP contribution < -0.4 is 16.7 Å². The predicted molar refractivity (Wildman–Crippen MR) is 179 cm³/mol. The molecule has 2 aromatic heterocycles. The highest BCUT2D eigenvalue weighted by molar-refractivity contribution is 6.31. The summed E-state index contributed by atoms with van der Waals surface area (Å²) in [5.41, 5.74) is 9.81. The largest absolute Gasteiger partial charge is 0.387 e. The van der Waals surface area contributed by atoms with Gasteiger partial charge in [-0.2, -0.15) is 4.98 Å². The number of aliphatic imine (C=N–C) groups is 1. The quantitative estimate of drug-likeness (QED) is 0.111. The normalized spacial score (nSPS) is 17.5. The minimum absolute atomic E-state index is 0.0947. The van der Waals surface area contributed by atoms with E-state index in [1.807, 2.05) is 24.3 Å². The van der Waals surface area contributed by atoms with E-state index in [1.54, 1.807) is 12.3 Å². The maximum absolute atomic E-state index is 15.2. The van der Waals surface area contributed by atoms with Gasteiger partial charge >= 0.3 is 5.69 Å². The van der Waals surface area contributed by atoms with E-state index in [0.29, 0.717) is 34.3 Å². The minimum atomic E-state index is -0.483. The van der Waals surface area contributed by atoms with Gasteiger partial charge in [0.05, 0.1) is 22.2 Å². The summed E-state index contributed by atoms with van der Waals surface area (Å²) in [4.78, 5) is 25.0. The maximum Gasteiger partial charge on any atom is 0.354 e. The Morgan fingerprint density at radius 3 is 2.75 bits per heavy atom. The van der Waals surface area contributed by atoms with Crippen LogP contribution in [0.3, 0.4) is 0 Å². The van der Waals surface area contributed by atoms with Crippen LogP contribution in [0.15, 0.2) is 58.4 Å². The lowest BCUT2D eigenvalue weighted by molar-refractivity contribution is 0.315. The number of H-pyrrole nitrogens is 1. The summed E-state index contributed by atoms with van der Waals surface area (Å²) in [6.45, 7) is 7.24. The SMILES string of the molecule is CCCC(N)=NCC[C@@H]1CCC[C@@H](c2ccc(-n3cc4cc(-c5cc(CCCC(C)C)cc(Cl)c5F)[nH]c4nc3=O)cc2)N1. The first-order valence-electron chi connectivity index (χ1n) is 16.0. The molecule has 44 heavy (non-hydrogen) atoms. The number of hydrogen-bond acceptors (Lipinski definition) is 4. The van der Waals surface area contributed by atoms with E-state index in [1.165, 1.54) is 10.1 Å². The number of aromatic amines is 1. The highest BCUT2D eigenvalue weighted by Gasteiger charge is 2.22. The van der Waals surface area contributed by atoms with Crippen molar-refractivity contribution < 1.29 is 4.39 Å². The second-order valence-electron chi connectivity index (χ2n) is 12.5. The van der Waals surface area contributed by atoms with Crippen LogP contribution in [-0.4, -0.2) is 33.0 Å². The second kappa shape index (κ2) is 14.5. The van der Waals surface area contributed by atoms with Gasteiger partial charge in [0.1, 0.15) is 5.65 Å². The van der Waals surface area contributed by atoms with E-state index < -0.39 is 11.5 Å². The van der Waals surface area contributed by atoms with Gasteiger partial charge in [-0.25, -0.2) is 9.18 Å². The van der Waals surface area contributed by atoms with Crippen molar-refractivity contribution >= 4 is 28.5 Å². The van der Waals surface area contributed by atoms with Gasteiger partial charge in [-0.15, -0.1) is 0 Å². The first-order chi connectivity index (χ1) is 21.2. The van der Waals surface area contributed by atoms with Crippen LogP contribution in [0.25, 0.3) is 28.0 Å². The summed E-state index contributed by atoms with van der Waals surface area (Å²) < 4.78 is 16.7. The third kappa shape index (κ3) is 7.77. The molecule has 9 heteroatoms. The van der Waals surface area contributed by atoms with Gasteiger partial charge in [-0.05, 0) is 85.9 Å². The number of rotatable bonds is 12. The number of hydrogen-bond donors (Lipinski definition) is 3. The Kier molecular flexibility index (Phi) is 10.5. The number of aryl methyl sites for hydroxylation is 1. The molecule has 0 amide bonds. The highest BCUT2D eigenvalue weighted by atomic mass is 35.5. The van der Waals surface area contributed by atoms with Gasteiger partial charge in [0.25, 0.3) is 0 Å². The summed E-state index contributed by atoms with van der Waals surface area (Å²) in [7, 11) is 0. The molecule has 1 fully saturated rings. The monoisotopic (exact) mass is 618 g/mol. The summed E-state index contributed by atoms with van der Waals surface area (Å²) in [6, 6.07) is 14.1. The van der Waals surface area contributed by atoms with Gasteiger partial charge in [-0.1, -0.05) is 57.3 Å². The molecular weight excluding hydrogens is 575 g/mol. The molecule has 1 aliphatic rings. The standard InChI is InChI=1S/C35H44ClFN6O/c1-4-7-32(38)39-17-16-26-10-6-11-30(40-26)24-12-14-27(15-13-24)43-21-25-20-31(41-34(25)42-35(43)44)28-18-23(9-5-8-22(2)3)19-29(36)33(28)37/h12-15,18-22,26,30,40H,4-11,16-17H2,1-3H3,(H2,38,39)(H,41,42,44)/t26-,30-/m0/s1. The van der Waals surface area contributed by atoms with Crippen molar-refractivity contribution in [2.75, 3.05) is 6.54 Å². The van der Waals surface area contributed by atoms with Crippen LogP contribution >= 0.6 is 11.6 Å². The molecule has 0 radical (unpaired) electrons. The third-order valence-corrected chi connectivity index (χ3v) is 8.76. The van der Waals surface area contributed by atoms with E-state index in [2.05, 4.69) is 53.2 Å². The molecule has 0 unspecified atom stereocenters. The fourth-order valence-corrected chi connectivity index (χ4v) is 6.34. The van der Waals surface area contributed by atoms with Crippen molar-refractivity contribution in [2.45, 2.75) is 90.6 Å². The zero-order valence-electron chi connectivity index (χ0n) is 26.0. The molecule has 7 nitrogen and oxygen atoms in total. The first kappa shape index (κ1) is 31.9. The van der Waals surface area contributed by atoms with Crippen LogP contribution in [0, 0.1) is 11.7 Å². The Balaban J connectivity index is 1.32. The molecule has 2 atom stereocenters. The van der Waals surface area contributed by atoms with Crippen molar-refractivity contribution in [1.82, 2.24) is 19.9 Å². The smallest absolute Gasteiger partial charge is 0.354 e. The van der Waals surface area contributed by atoms with Crippen LogP contribution in [-0.2, 0) is 6.42 Å². The Morgan fingerprint density at radius 1 is 1.20 bits per heavy atom. The molecule has 0 bridgehead atoms. The predicted octanol–water partition coefficient (Wildman–Crippen LogP) is 7.88. The van der Waals surface area contributed by atoms with Crippen molar-refractivity contribution in [3.05, 3.63) is 81.1 Å². The summed E-state index contributed by atoms with van der Waals surface area (Å²) in [5.74, 6) is 0.868. The minimum Gasteiger partial charge on any atom is -0.387 e. The maximum atomic E-state index is 15.2. The zero-order valence-corrected chi connectivity index (χ0v) is 26.8. The zero-order chi connectivity index (χ0) is 31.2. The molecule has 3 heterocycles. The second-order valence-corrected chi connectivity index (χ2v) is 12.9. The lowest BCUT2D eigenvalue weighted by Crippen LogP contribution is -2.37. The van der Waals surface area contributed by atoms with E-state index in [-0.39, 0.29) is 11.1 Å². The number of aromatic nitrogens is 3. The Bertz CT molecular complexity index is 1660. The molecule has 0 aliphatic carbocycles. The molecule has 4 N–H and O–H groups in total. The molecule has 0 saturated carbocycles. The van der Waals surface area contributed by atoms with E-state index >= 15 is 4.39 Å². The van der Waals surface area contributed by atoms with E-state index in [9.17, 15) is 4.79 Å². The number of benzene rings is 2. The third-order valence-electron chi connectivity index (χ3n) is 8.49. The lowest BCUT2D eigenvalue weighted by atomic mass is 9.92. The highest BCUT2D eigenvalue weighted by Crippen LogP contribution is 2.32. The molecule has 0 spiro atoms. The van der Waals surface area contributed by atoms with Crippen LogP contribution in [0.1, 0.15) is 89.3 Å². The van der Waals surface area contributed by atoms with Crippen LogP contribution in [0.2, 0.25) is 5.02 Å². The van der Waals surface area contributed by atoms with Gasteiger partial charge in [0.2, 0.25) is 0 Å². The first-order valence-corrected chi connectivity index (χ1v) is 16.4. The molecule has 1 aliphatic heterocycles. The Hall–Kier alpha value is -3.49. The van der Waals surface area contributed by atoms with Crippen molar-refractivity contribution in [2.24, 2.45) is 16.6 Å². The fraction of sp³-hybridized carbons (Fsp3) is 0.457. The molecule has 234 valence electrons. The number of piperidine rings is 1. The van der Waals surface area contributed by atoms with Crippen molar-refractivity contribution in [1.29, 1.82) is 0 Å². The Labute approximate surface area is 264 Å². The molecule has 1 saturated heterocycles. The number of nitrogens with one attached hydrogen (secondary N) is 2. The molecular formula is C35H44ClFN6O. The van der Waals surface area contributed by atoms with Crippen LogP contribution in [0.4, 0.5) is 4.39 Å². The van der Waals surface area contributed by atoms with Gasteiger partial charge in [-0.3, -0.25) is 9.56 Å². The average Bonchev–Trinajstić information content (AvgIpc) is 3.41. The number of fused-ring (bicyclic) bond motifs is 1. The number of halogens is 2. The number of amidine groups is 1. The molecule has 2 aromatic carbocycles. The van der Waals surface area contributed by atoms with E-state index in [0.717, 1.165) is 81.4 Å². The lowest BCUT2D eigenvalue weighted by Gasteiger charge is -2.31. The summed E-state index contributed by atoms with van der Waals surface area (Å²) in [6.07, 6.45) is 10.9. The summed E-state index contributed by atoms with van der Waals surface area (Å²) >= 11 is 6.29. The molecule has 5 rings (SSSR count). The van der Waals surface area contributed by atoms with E-state index in [4.69, 9.17) is 17.3 Å². The van der Waals surface area contributed by atoms with Crippen LogP contribution in [0.5, 0.6) is 0 Å². The van der Waals surface area contributed by atoms with Gasteiger partial charge in [0.15, 0.2) is 5.82 Å². The molecule has 4 aromatic rings.